The van der Waals surface area contributed by atoms with Gasteiger partial charge in [0.2, 0.25) is 10.0 Å². The van der Waals surface area contributed by atoms with Gasteiger partial charge < -0.3 is 10.5 Å². The summed E-state index contributed by atoms with van der Waals surface area (Å²) in [6, 6.07) is 3.33. The Hall–Kier alpha value is -1.75. The third kappa shape index (κ3) is 3.88. The molecule has 0 saturated heterocycles. The fourth-order valence-corrected chi connectivity index (χ4v) is 3.36. The van der Waals surface area contributed by atoms with Crippen LogP contribution in [-0.4, -0.2) is 42.4 Å². The number of anilines is 1. The first-order valence-corrected chi connectivity index (χ1v) is 7.68. The number of nitro groups is 1. The molecule has 4 N–H and O–H groups in total. The van der Waals surface area contributed by atoms with Crippen molar-refractivity contribution in [2.75, 3.05) is 25.1 Å². The van der Waals surface area contributed by atoms with Gasteiger partial charge in [-0.05, 0) is 18.6 Å². The maximum atomic E-state index is 12.4. The molecule has 0 aliphatic rings. The highest BCUT2D eigenvalue weighted by atomic mass is 32.2. The number of hydrogen-bond acceptors (Lipinski definition) is 7. The molecule has 0 aliphatic heterocycles. The van der Waals surface area contributed by atoms with E-state index in [1.807, 2.05) is 6.92 Å². The topological polar surface area (TPSA) is 139 Å². The maximum Gasteiger partial charge on any atom is 0.293 e. The van der Waals surface area contributed by atoms with Crippen molar-refractivity contribution in [3.05, 3.63) is 28.3 Å². The van der Waals surface area contributed by atoms with Crippen LogP contribution in [0.5, 0.6) is 0 Å². The Labute approximate surface area is 122 Å². The quantitative estimate of drug-likeness (QED) is 0.355. The molecule has 9 nitrogen and oxygen atoms in total. The molecular formula is C11H18N4O5S. The van der Waals surface area contributed by atoms with E-state index in [9.17, 15) is 18.5 Å². The van der Waals surface area contributed by atoms with Gasteiger partial charge in [-0.1, -0.05) is 6.92 Å². The van der Waals surface area contributed by atoms with E-state index in [1.54, 1.807) is 0 Å². The lowest BCUT2D eigenvalue weighted by Gasteiger charge is -2.20. The molecule has 0 unspecified atom stereocenters. The molecule has 0 bridgehead atoms. The highest BCUT2D eigenvalue weighted by molar-refractivity contribution is 7.89. The van der Waals surface area contributed by atoms with Crippen LogP contribution in [0.2, 0.25) is 0 Å². The number of sulfonamides is 1. The summed E-state index contributed by atoms with van der Waals surface area (Å²) in [4.78, 5) is 10.0. The van der Waals surface area contributed by atoms with Gasteiger partial charge in [-0.25, -0.2) is 8.42 Å². The van der Waals surface area contributed by atoms with E-state index in [2.05, 4.69) is 5.43 Å². The summed E-state index contributed by atoms with van der Waals surface area (Å²) in [5.41, 5.74) is 1.70. The minimum Gasteiger partial charge on any atom is -0.395 e. The summed E-state index contributed by atoms with van der Waals surface area (Å²) in [7, 11) is -3.85. The molecule has 0 spiro atoms. The van der Waals surface area contributed by atoms with E-state index in [0.29, 0.717) is 6.42 Å². The minimum atomic E-state index is -3.85. The summed E-state index contributed by atoms with van der Waals surface area (Å²) in [6.07, 6.45) is 0.578. The van der Waals surface area contributed by atoms with E-state index in [-0.39, 0.29) is 36.0 Å². The fourth-order valence-electron chi connectivity index (χ4n) is 1.81. The van der Waals surface area contributed by atoms with Crippen LogP contribution >= 0.6 is 0 Å². The number of nitrogen functional groups attached to an aromatic ring is 1. The molecule has 0 saturated carbocycles. The molecule has 10 heteroatoms. The number of hydrogen-bond donors (Lipinski definition) is 3. The number of benzene rings is 1. The first-order chi connectivity index (χ1) is 9.88. The number of nitrogens with zero attached hydrogens (tertiary/aromatic N) is 2. The summed E-state index contributed by atoms with van der Waals surface area (Å²) in [6.45, 7) is 1.70. The minimum absolute atomic E-state index is 0.0431. The predicted molar refractivity (Wildman–Crippen MR) is 77.0 cm³/mol. The Kier molecular flexibility index (Phi) is 6.03. The number of rotatable bonds is 8. The average Bonchev–Trinajstić information content (AvgIpc) is 2.46. The van der Waals surface area contributed by atoms with Gasteiger partial charge in [0.25, 0.3) is 5.69 Å². The lowest BCUT2D eigenvalue weighted by molar-refractivity contribution is -0.384. The molecule has 0 aliphatic carbocycles. The number of aliphatic hydroxyl groups excluding tert-OH is 1. The number of nitrogens with two attached hydrogens (primary N) is 1. The van der Waals surface area contributed by atoms with Gasteiger partial charge in [0.1, 0.15) is 5.69 Å². The Balaban J connectivity index is 3.27. The molecule has 21 heavy (non-hydrogen) atoms. The van der Waals surface area contributed by atoms with Crippen LogP contribution in [0, 0.1) is 10.1 Å². The van der Waals surface area contributed by atoms with Crippen LogP contribution in [0.4, 0.5) is 11.4 Å². The molecule has 1 aromatic rings. The number of nitro benzene ring substituents is 1. The zero-order valence-corrected chi connectivity index (χ0v) is 12.3. The number of aliphatic hydroxyl groups is 1. The Morgan fingerprint density at radius 1 is 1.43 bits per heavy atom. The highest BCUT2D eigenvalue weighted by Gasteiger charge is 2.25. The average molecular weight is 318 g/mol. The standard InChI is InChI=1S/C11H18N4O5S/c1-2-5-14(6-7-16)21(19,20)9-3-4-11(15(17)18)10(8-9)13-12/h3-4,8,13,16H,2,5-7,12H2,1H3. The van der Waals surface area contributed by atoms with Crippen molar-refractivity contribution in [1.82, 2.24) is 4.31 Å². The highest BCUT2D eigenvalue weighted by Crippen LogP contribution is 2.28. The normalized spacial score (nSPS) is 11.6. The van der Waals surface area contributed by atoms with Gasteiger partial charge in [0.05, 0.1) is 16.4 Å². The van der Waals surface area contributed by atoms with E-state index in [1.165, 1.54) is 0 Å². The molecule has 118 valence electrons. The summed E-state index contributed by atoms with van der Waals surface area (Å²) < 4.78 is 26.0. The van der Waals surface area contributed by atoms with Crippen LogP contribution in [0.1, 0.15) is 13.3 Å². The van der Waals surface area contributed by atoms with Crippen molar-refractivity contribution in [1.29, 1.82) is 0 Å². The van der Waals surface area contributed by atoms with Crippen molar-refractivity contribution < 1.29 is 18.4 Å². The van der Waals surface area contributed by atoms with Gasteiger partial charge in [-0.15, -0.1) is 0 Å². The smallest absolute Gasteiger partial charge is 0.293 e. The van der Waals surface area contributed by atoms with E-state index < -0.39 is 14.9 Å². The molecule has 0 radical (unpaired) electrons. The van der Waals surface area contributed by atoms with Crippen LogP contribution in [0.15, 0.2) is 23.1 Å². The van der Waals surface area contributed by atoms with Gasteiger partial charge in [-0.2, -0.15) is 4.31 Å². The van der Waals surface area contributed by atoms with Crippen molar-refractivity contribution in [3.63, 3.8) is 0 Å². The van der Waals surface area contributed by atoms with Crippen LogP contribution in [0.3, 0.4) is 0 Å². The molecule has 1 rings (SSSR count). The van der Waals surface area contributed by atoms with Crippen LogP contribution in [0.25, 0.3) is 0 Å². The Morgan fingerprint density at radius 3 is 2.57 bits per heavy atom. The van der Waals surface area contributed by atoms with Gasteiger partial charge in [0.15, 0.2) is 0 Å². The van der Waals surface area contributed by atoms with E-state index in [0.717, 1.165) is 22.5 Å². The molecule has 0 aromatic heterocycles. The first kappa shape index (κ1) is 17.3. The number of hydrazine groups is 1. The summed E-state index contributed by atoms with van der Waals surface area (Å²) in [5.74, 6) is 5.19. The zero-order valence-electron chi connectivity index (χ0n) is 11.5. The van der Waals surface area contributed by atoms with Gasteiger partial charge in [0, 0.05) is 19.2 Å². The first-order valence-electron chi connectivity index (χ1n) is 6.24. The van der Waals surface area contributed by atoms with E-state index in [4.69, 9.17) is 10.9 Å². The molecule has 1 aromatic carbocycles. The second kappa shape index (κ2) is 7.31. The summed E-state index contributed by atoms with van der Waals surface area (Å²) in [5, 5.41) is 19.8. The third-order valence-electron chi connectivity index (χ3n) is 2.78. The lowest BCUT2D eigenvalue weighted by atomic mass is 10.3. The molecule has 0 fully saturated rings. The van der Waals surface area contributed by atoms with E-state index >= 15 is 0 Å². The largest absolute Gasteiger partial charge is 0.395 e. The second-order valence-electron chi connectivity index (χ2n) is 4.21. The zero-order chi connectivity index (χ0) is 16.0. The van der Waals surface area contributed by atoms with Gasteiger partial charge in [-0.3, -0.25) is 16.0 Å². The SMILES string of the molecule is CCCN(CCO)S(=O)(=O)c1ccc([N+](=O)[O-])c(NN)c1. The van der Waals surface area contributed by atoms with Crippen molar-refractivity contribution in [3.8, 4) is 0 Å². The van der Waals surface area contributed by atoms with Crippen molar-refractivity contribution >= 4 is 21.4 Å². The lowest BCUT2D eigenvalue weighted by Crippen LogP contribution is -2.34. The second-order valence-corrected chi connectivity index (χ2v) is 6.15. The van der Waals surface area contributed by atoms with Crippen LogP contribution in [-0.2, 0) is 10.0 Å². The van der Waals surface area contributed by atoms with Crippen molar-refractivity contribution in [2.24, 2.45) is 5.84 Å². The summed E-state index contributed by atoms with van der Waals surface area (Å²) >= 11 is 0. The molecule has 0 atom stereocenters. The Bertz CT molecular complexity index is 599. The Morgan fingerprint density at radius 2 is 2.10 bits per heavy atom. The molecule has 0 amide bonds. The molecular weight excluding hydrogens is 300 g/mol. The van der Waals surface area contributed by atoms with Gasteiger partial charge >= 0.3 is 0 Å². The predicted octanol–water partition coefficient (Wildman–Crippen LogP) is 0.273. The third-order valence-corrected chi connectivity index (χ3v) is 4.68. The van der Waals surface area contributed by atoms with Crippen molar-refractivity contribution in [2.45, 2.75) is 18.2 Å². The number of nitrogens with one attached hydrogen (secondary N) is 1. The monoisotopic (exact) mass is 318 g/mol. The van der Waals surface area contributed by atoms with Crippen LogP contribution < -0.4 is 11.3 Å². The molecule has 0 heterocycles. The fraction of sp³-hybridized carbons (Fsp3) is 0.455. The maximum absolute atomic E-state index is 12.4.